The van der Waals surface area contributed by atoms with Gasteiger partial charge in [-0.2, -0.15) is 10.1 Å². The van der Waals surface area contributed by atoms with Crippen LogP contribution in [0.5, 0.6) is 5.75 Å². The molecular weight excluding hydrogens is 302 g/mol. The average Bonchev–Trinajstić information content (AvgIpc) is 2.57. The van der Waals surface area contributed by atoms with Crippen LogP contribution >= 0.6 is 0 Å². The van der Waals surface area contributed by atoms with E-state index >= 15 is 0 Å². The van der Waals surface area contributed by atoms with Crippen molar-refractivity contribution in [1.29, 1.82) is 0 Å². The van der Waals surface area contributed by atoms with E-state index in [0.717, 1.165) is 11.4 Å². The van der Waals surface area contributed by atoms with Gasteiger partial charge in [0.1, 0.15) is 5.75 Å². The molecule has 2 N–H and O–H groups in total. The van der Waals surface area contributed by atoms with Crippen molar-refractivity contribution in [3.05, 3.63) is 30.5 Å². The Morgan fingerprint density at radius 1 is 1.12 bits per heavy atom. The predicted octanol–water partition coefficient (Wildman–Crippen LogP) is 4.15. The molecule has 2 aromatic rings. The van der Waals surface area contributed by atoms with Gasteiger partial charge in [0.25, 0.3) is 0 Å². The first-order valence-electron chi connectivity index (χ1n) is 8.69. The lowest BCUT2D eigenvalue weighted by Crippen LogP contribution is -2.23. The standard InChI is InChI=1S/C18H25N5O/c1-13(2)24-16-11-7-6-10-15(16)21-17-12-19-23-18(22-17)20-14-8-4-3-5-9-14/h6-7,10-14H,3-5,8-9H2,1-2H3,(H2,20,21,22,23). The Morgan fingerprint density at radius 2 is 1.92 bits per heavy atom. The molecule has 1 heterocycles. The first-order chi connectivity index (χ1) is 11.7. The van der Waals surface area contributed by atoms with Crippen LogP contribution < -0.4 is 15.4 Å². The number of anilines is 3. The summed E-state index contributed by atoms with van der Waals surface area (Å²) >= 11 is 0. The molecule has 1 aromatic carbocycles. The number of hydrogen-bond acceptors (Lipinski definition) is 6. The summed E-state index contributed by atoms with van der Waals surface area (Å²) in [4.78, 5) is 4.53. The zero-order valence-electron chi connectivity index (χ0n) is 14.3. The van der Waals surface area contributed by atoms with Crippen LogP contribution in [0.1, 0.15) is 46.0 Å². The van der Waals surface area contributed by atoms with Gasteiger partial charge in [0.15, 0.2) is 5.82 Å². The van der Waals surface area contributed by atoms with E-state index in [1.807, 2.05) is 38.1 Å². The summed E-state index contributed by atoms with van der Waals surface area (Å²) in [6.07, 6.45) is 7.94. The van der Waals surface area contributed by atoms with Crippen LogP contribution in [0, 0.1) is 0 Å². The maximum atomic E-state index is 5.83. The maximum Gasteiger partial charge on any atom is 0.244 e. The van der Waals surface area contributed by atoms with Crippen molar-refractivity contribution in [2.75, 3.05) is 10.6 Å². The van der Waals surface area contributed by atoms with E-state index in [4.69, 9.17) is 4.74 Å². The maximum absolute atomic E-state index is 5.83. The van der Waals surface area contributed by atoms with Crippen molar-refractivity contribution in [2.45, 2.75) is 58.1 Å². The minimum Gasteiger partial charge on any atom is -0.489 e. The molecule has 3 rings (SSSR count). The van der Waals surface area contributed by atoms with E-state index in [-0.39, 0.29) is 6.10 Å². The molecule has 0 amide bonds. The SMILES string of the molecule is CC(C)Oc1ccccc1Nc1cnnc(NC2CCCCC2)n1. The Labute approximate surface area is 143 Å². The van der Waals surface area contributed by atoms with Crippen LogP contribution in [-0.2, 0) is 0 Å². The van der Waals surface area contributed by atoms with Gasteiger partial charge in [0.2, 0.25) is 5.95 Å². The van der Waals surface area contributed by atoms with Gasteiger partial charge < -0.3 is 15.4 Å². The fourth-order valence-electron chi connectivity index (χ4n) is 2.92. The van der Waals surface area contributed by atoms with Gasteiger partial charge in [-0.15, -0.1) is 5.10 Å². The highest BCUT2D eigenvalue weighted by atomic mass is 16.5. The highest BCUT2D eigenvalue weighted by Crippen LogP contribution is 2.27. The average molecular weight is 327 g/mol. The van der Waals surface area contributed by atoms with Crippen molar-refractivity contribution in [1.82, 2.24) is 15.2 Å². The van der Waals surface area contributed by atoms with E-state index in [1.165, 1.54) is 32.1 Å². The van der Waals surface area contributed by atoms with E-state index in [9.17, 15) is 0 Å². The molecule has 6 nitrogen and oxygen atoms in total. The Hall–Kier alpha value is -2.37. The summed E-state index contributed by atoms with van der Waals surface area (Å²) < 4.78 is 5.83. The molecule has 0 atom stereocenters. The third kappa shape index (κ3) is 4.57. The molecule has 6 heteroatoms. The third-order valence-corrected chi connectivity index (χ3v) is 4.01. The summed E-state index contributed by atoms with van der Waals surface area (Å²) in [6.45, 7) is 4.02. The Kier molecular flexibility index (Phi) is 5.46. The van der Waals surface area contributed by atoms with Gasteiger partial charge >= 0.3 is 0 Å². The van der Waals surface area contributed by atoms with Crippen molar-refractivity contribution in [3.8, 4) is 5.75 Å². The molecule has 1 fully saturated rings. The van der Waals surface area contributed by atoms with Crippen LogP contribution in [0.3, 0.4) is 0 Å². The molecule has 1 aromatic heterocycles. The number of hydrogen-bond donors (Lipinski definition) is 2. The van der Waals surface area contributed by atoms with Gasteiger partial charge in [0.05, 0.1) is 18.0 Å². The molecule has 1 aliphatic carbocycles. The smallest absolute Gasteiger partial charge is 0.244 e. The molecule has 0 saturated heterocycles. The lowest BCUT2D eigenvalue weighted by Gasteiger charge is -2.22. The highest BCUT2D eigenvalue weighted by Gasteiger charge is 2.14. The van der Waals surface area contributed by atoms with E-state index in [0.29, 0.717) is 17.8 Å². The number of rotatable bonds is 6. The van der Waals surface area contributed by atoms with Crippen LogP contribution in [0.4, 0.5) is 17.5 Å². The zero-order valence-corrected chi connectivity index (χ0v) is 14.3. The fourth-order valence-corrected chi connectivity index (χ4v) is 2.92. The van der Waals surface area contributed by atoms with Crippen molar-refractivity contribution < 1.29 is 4.74 Å². The summed E-state index contributed by atoms with van der Waals surface area (Å²) in [5, 5.41) is 14.8. The van der Waals surface area contributed by atoms with Crippen molar-refractivity contribution >= 4 is 17.5 Å². The quantitative estimate of drug-likeness (QED) is 0.830. The highest BCUT2D eigenvalue weighted by molar-refractivity contribution is 5.64. The molecule has 1 saturated carbocycles. The number of ether oxygens (including phenoxy) is 1. The van der Waals surface area contributed by atoms with E-state index in [1.54, 1.807) is 6.20 Å². The topological polar surface area (TPSA) is 72.0 Å². The second-order valence-corrected chi connectivity index (χ2v) is 6.43. The molecule has 128 valence electrons. The van der Waals surface area contributed by atoms with Gasteiger partial charge in [-0.05, 0) is 38.8 Å². The molecule has 0 radical (unpaired) electrons. The summed E-state index contributed by atoms with van der Waals surface area (Å²) in [6, 6.07) is 8.28. The Bertz CT molecular complexity index is 655. The predicted molar refractivity (Wildman–Crippen MR) is 95.8 cm³/mol. The molecule has 24 heavy (non-hydrogen) atoms. The minimum absolute atomic E-state index is 0.111. The second kappa shape index (κ2) is 7.95. The lowest BCUT2D eigenvalue weighted by molar-refractivity contribution is 0.244. The lowest BCUT2D eigenvalue weighted by atomic mass is 9.96. The summed E-state index contributed by atoms with van der Waals surface area (Å²) in [5.74, 6) is 2.03. The first kappa shape index (κ1) is 16.5. The Balaban J connectivity index is 1.70. The van der Waals surface area contributed by atoms with Crippen molar-refractivity contribution in [3.63, 3.8) is 0 Å². The van der Waals surface area contributed by atoms with Crippen molar-refractivity contribution in [2.24, 2.45) is 0 Å². The number of benzene rings is 1. The first-order valence-corrected chi connectivity index (χ1v) is 8.69. The monoisotopic (exact) mass is 327 g/mol. The number of nitrogens with zero attached hydrogens (tertiary/aromatic N) is 3. The summed E-state index contributed by atoms with van der Waals surface area (Å²) in [5.41, 5.74) is 0.871. The number of aromatic nitrogens is 3. The number of para-hydroxylation sites is 2. The van der Waals surface area contributed by atoms with E-state index < -0.39 is 0 Å². The van der Waals surface area contributed by atoms with Crippen LogP contribution in [0.15, 0.2) is 30.5 Å². The zero-order chi connectivity index (χ0) is 16.8. The fraction of sp³-hybridized carbons (Fsp3) is 0.500. The largest absolute Gasteiger partial charge is 0.489 e. The molecule has 0 unspecified atom stereocenters. The Morgan fingerprint density at radius 3 is 2.71 bits per heavy atom. The van der Waals surface area contributed by atoms with Gasteiger partial charge in [-0.3, -0.25) is 0 Å². The molecular formula is C18H25N5O. The minimum atomic E-state index is 0.111. The van der Waals surface area contributed by atoms with Gasteiger partial charge in [-0.25, -0.2) is 0 Å². The third-order valence-electron chi connectivity index (χ3n) is 4.01. The number of nitrogens with one attached hydrogen (secondary N) is 2. The van der Waals surface area contributed by atoms with Gasteiger partial charge in [0, 0.05) is 6.04 Å². The van der Waals surface area contributed by atoms with E-state index in [2.05, 4.69) is 25.8 Å². The van der Waals surface area contributed by atoms with Crippen LogP contribution in [-0.4, -0.2) is 27.3 Å². The molecule has 0 spiro atoms. The van der Waals surface area contributed by atoms with Crippen LogP contribution in [0.25, 0.3) is 0 Å². The second-order valence-electron chi connectivity index (χ2n) is 6.43. The molecule has 0 bridgehead atoms. The van der Waals surface area contributed by atoms with Crippen LogP contribution in [0.2, 0.25) is 0 Å². The molecule has 0 aliphatic heterocycles. The normalized spacial score (nSPS) is 15.3. The summed E-state index contributed by atoms with van der Waals surface area (Å²) in [7, 11) is 0. The van der Waals surface area contributed by atoms with Gasteiger partial charge in [-0.1, -0.05) is 31.4 Å². The molecule has 1 aliphatic rings.